The zero-order chi connectivity index (χ0) is 12.4. The first-order chi connectivity index (χ1) is 8.15. The lowest BCUT2D eigenvalue weighted by Crippen LogP contribution is -2.34. The second kappa shape index (κ2) is 4.67. The van der Waals surface area contributed by atoms with Crippen molar-refractivity contribution in [3.63, 3.8) is 0 Å². The Morgan fingerprint density at radius 2 is 2.18 bits per heavy atom. The first-order valence-corrected chi connectivity index (χ1v) is 5.65. The van der Waals surface area contributed by atoms with Crippen LogP contribution < -0.4 is 4.90 Å². The fourth-order valence-electron chi connectivity index (χ4n) is 1.89. The van der Waals surface area contributed by atoms with E-state index in [4.69, 9.17) is 5.11 Å². The van der Waals surface area contributed by atoms with Gasteiger partial charge in [-0.05, 0) is 13.8 Å². The molecule has 0 radical (unpaired) electrons. The summed E-state index contributed by atoms with van der Waals surface area (Å²) >= 11 is 0. The number of hydrogen-bond acceptors (Lipinski definition) is 5. The molecule has 0 spiro atoms. The Morgan fingerprint density at radius 3 is 2.82 bits per heavy atom. The first-order valence-electron chi connectivity index (χ1n) is 5.65. The van der Waals surface area contributed by atoms with Crippen LogP contribution in [0.4, 0.5) is 5.82 Å². The molecule has 0 amide bonds. The highest BCUT2D eigenvalue weighted by atomic mass is 16.3. The number of aryl methyl sites for hydroxylation is 1. The van der Waals surface area contributed by atoms with Gasteiger partial charge in [-0.3, -0.25) is 4.68 Å². The van der Waals surface area contributed by atoms with Crippen molar-refractivity contribution < 1.29 is 5.11 Å². The van der Waals surface area contributed by atoms with Crippen LogP contribution in [-0.2, 0) is 7.05 Å². The van der Waals surface area contributed by atoms with Crippen LogP contribution in [0.2, 0.25) is 0 Å². The quantitative estimate of drug-likeness (QED) is 0.839. The summed E-state index contributed by atoms with van der Waals surface area (Å²) < 4.78 is 1.72. The first kappa shape index (κ1) is 11.8. The predicted octanol–water partition coefficient (Wildman–Crippen LogP) is 0.570. The lowest BCUT2D eigenvalue weighted by atomic mass is 10.2. The van der Waals surface area contributed by atoms with Crippen LogP contribution in [0.15, 0.2) is 12.5 Å². The van der Waals surface area contributed by atoms with Gasteiger partial charge in [0.25, 0.3) is 0 Å². The predicted molar refractivity (Wildman–Crippen MR) is 65.9 cm³/mol. The van der Waals surface area contributed by atoms with Gasteiger partial charge in [-0.1, -0.05) is 0 Å². The van der Waals surface area contributed by atoms with Crippen LogP contribution in [0.5, 0.6) is 0 Å². The van der Waals surface area contributed by atoms with Gasteiger partial charge in [0.15, 0.2) is 5.65 Å². The minimum absolute atomic E-state index is 0.101. The molecule has 1 N–H and O–H groups in total. The zero-order valence-corrected chi connectivity index (χ0v) is 10.3. The van der Waals surface area contributed by atoms with E-state index >= 15 is 0 Å². The number of aliphatic hydroxyl groups excluding tert-OH is 1. The van der Waals surface area contributed by atoms with Gasteiger partial charge in [0.05, 0.1) is 18.2 Å². The molecule has 0 aliphatic carbocycles. The maximum absolute atomic E-state index is 9.12. The number of anilines is 1. The molecule has 0 aliphatic heterocycles. The minimum atomic E-state index is 0.101. The number of fused-ring (bicyclic) bond motifs is 1. The van der Waals surface area contributed by atoms with Crippen molar-refractivity contribution in [3.05, 3.63) is 12.5 Å². The van der Waals surface area contributed by atoms with Crippen molar-refractivity contribution in [2.75, 3.05) is 18.1 Å². The van der Waals surface area contributed by atoms with Gasteiger partial charge in [0, 0.05) is 19.6 Å². The van der Waals surface area contributed by atoms with Crippen molar-refractivity contribution in [1.82, 2.24) is 19.7 Å². The molecule has 92 valence electrons. The van der Waals surface area contributed by atoms with Crippen molar-refractivity contribution in [1.29, 1.82) is 0 Å². The molecule has 6 nitrogen and oxygen atoms in total. The number of hydrogen-bond donors (Lipinski definition) is 1. The number of aliphatic hydroxyl groups is 1. The molecule has 2 heterocycles. The number of nitrogens with zero attached hydrogens (tertiary/aromatic N) is 5. The van der Waals surface area contributed by atoms with Gasteiger partial charge in [-0.2, -0.15) is 5.10 Å². The third-order valence-corrected chi connectivity index (χ3v) is 2.74. The van der Waals surface area contributed by atoms with Crippen LogP contribution >= 0.6 is 0 Å². The van der Waals surface area contributed by atoms with Crippen molar-refractivity contribution in [3.8, 4) is 0 Å². The van der Waals surface area contributed by atoms with E-state index < -0.39 is 0 Å². The molecule has 2 aromatic rings. The summed E-state index contributed by atoms with van der Waals surface area (Å²) in [6, 6.07) is 0.264. The normalized spacial score (nSPS) is 11.4. The Balaban J connectivity index is 2.52. The fraction of sp³-hybridized carbons (Fsp3) is 0.545. The Hall–Kier alpha value is -1.69. The van der Waals surface area contributed by atoms with Crippen molar-refractivity contribution in [2.45, 2.75) is 19.9 Å². The summed E-state index contributed by atoms with van der Waals surface area (Å²) in [6.45, 7) is 4.79. The lowest BCUT2D eigenvalue weighted by molar-refractivity contribution is 0.299. The average Bonchev–Trinajstić information content (AvgIpc) is 2.68. The van der Waals surface area contributed by atoms with Gasteiger partial charge in [-0.25, -0.2) is 9.97 Å². The molecule has 0 aliphatic rings. The number of aromatic nitrogens is 4. The van der Waals surface area contributed by atoms with E-state index in [2.05, 4.69) is 28.9 Å². The molecule has 0 unspecified atom stereocenters. The molecule has 2 rings (SSSR count). The topological polar surface area (TPSA) is 67.1 Å². The Bertz CT molecular complexity index is 508. The minimum Gasteiger partial charge on any atom is -0.395 e. The average molecular weight is 235 g/mol. The van der Waals surface area contributed by atoms with Gasteiger partial charge in [0.2, 0.25) is 0 Å². The zero-order valence-electron chi connectivity index (χ0n) is 10.3. The summed E-state index contributed by atoms with van der Waals surface area (Å²) in [6.07, 6.45) is 3.30. The molecule has 6 heteroatoms. The Kier molecular flexibility index (Phi) is 3.23. The highest BCUT2D eigenvalue weighted by Gasteiger charge is 2.16. The van der Waals surface area contributed by atoms with E-state index in [1.807, 2.05) is 11.9 Å². The molecule has 0 atom stereocenters. The van der Waals surface area contributed by atoms with Crippen LogP contribution in [0, 0.1) is 0 Å². The molecule has 0 aromatic carbocycles. The summed E-state index contributed by atoms with van der Waals surface area (Å²) in [5.74, 6) is 0.826. The van der Waals surface area contributed by atoms with E-state index in [1.165, 1.54) is 6.33 Å². The Morgan fingerprint density at radius 1 is 1.41 bits per heavy atom. The largest absolute Gasteiger partial charge is 0.395 e. The van der Waals surface area contributed by atoms with Crippen LogP contribution in [0.1, 0.15) is 13.8 Å². The van der Waals surface area contributed by atoms with Crippen molar-refractivity contribution in [2.24, 2.45) is 7.05 Å². The van der Waals surface area contributed by atoms with Crippen LogP contribution in [0.3, 0.4) is 0 Å². The van der Waals surface area contributed by atoms with Crippen LogP contribution in [0.25, 0.3) is 11.0 Å². The van der Waals surface area contributed by atoms with Gasteiger partial charge in [-0.15, -0.1) is 0 Å². The van der Waals surface area contributed by atoms with E-state index in [0.29, 0.717) is 6.54 Å². The van der Waals surface area contributed by atoms with Crippen molar-refractivity contribution >= 4 is 16.9 Å². The highest BCUT2D eigenvalue weighted by molar-refractivity contribution is 5.86. The monoisotopic (exact) mass is 235 g/mol. The maximum Gasteiger partial charge on any atom is 0.163 e. The smallest absolute Gasteiger partial charge is 0.163 e. The van der Waals surface area contributed by atoms with E-state index in [0.717, 1.165) is 16.9 Å². The third kappa shape index (κ3) is 2.08. The SMILES string of the molecule is CC(C)N(CCO)c1ncnc2c1cnn2C. The molecule has 0 bridgehead atoms. The van der Waals surface area contributed by atoms with Gasteiger partial charge < -0.3 is 10.0 Å². The summed E-state index contributed by atoms with van der Waals surface area (Å²) in [7, 11) is 1.85. The summed E-state index contributed by atoms with van der Waals surface area (Å²) in [4.78, 5) is 10.6. The summed E-state index contributed by atoms with van der Waals surface area (Å²) in [5, 5.41) is 14.2. The molecular formula is C11H17N5O. The molecule has 0 saturated heterocycles. The molecule has 0 fully saturated rings. The van der Waals surface area contributed by atoms with Crippen LogP contribution in [-0.4, -0.2) is 44.0 Å². The highest BCUT2D eigenvalue weighted by Crippen LogP contribution is 2.23. The van der Waals surface area contributed by atoms with Gasteiger partial charge >= 0.3 is 0 Å². The van der Waals surface area contributed by atoms with E-state index in [9.17, 15) is 0 Å². The fourth-order valence-corrected chi connectivity index (χ4v) is 1.89. The van der Waals surface area contributed by atoms with E-state index in [-0.39, 0.29) is 12.6 Å². The third-order valence-electron chi connectivity index (χ3n) is 2.74. The maximum atomic E-state index is 9.12. The second-order valence-corrected chi connectivity index (χ2v) is 4.21. The molecule has 2 aromatic heterocycles. The second-order valence-electron chi connectivity index (χ2n) is 4.21. The Labute approximate surface area is 99.9 Å². The van der Waals surface area contributed by atoms with Gasteiger partial charge in [0.1, 0.15) is 12.1 Å². The standard InChI is InChI=1S/C11H17N5O/c1-8(2)16(4-5-17)11-9-6-14-15(3)10(9)12-7-13-11/h6-8,17H,4-5H2,1-3H3. The molecule has 0 saturated carbocycles. The molecular weight excluding hydrogens is 218 g/mol. The number of rotatable bonds is 4. The summed E-state index contributed by atoms with van der Waals surface area (Å²) in [5.41, 5.74) is 0.804. The van der Waals surface area contributed by atoms with E-state index in [1.54, 1.807) is 10.9 Å². The molecule has 17 heavy (non-hydrogen) atoms. The lowest BCUT2D eigenvalue weighted by Gasteiger charge is -2.27.